The molecule has 1 aliphatic rings. The highest BCUT2D eigenvalue weighted by molar-refractivity contribution is 9.10. The van der Waals surface area contributed by atoms with E-state index >= 15 is 0 Å². The SMILES string of the molecule is O=C(NC1CCCC1)C(Cc1ccccc1)N(Cc1ccc(Br)cc1)C(=O)CCSc1ccc(Cl)cc1. The molecule has 1 fully saturated rings. The number of nitrogens with one attached hydrogen (secondary N) is 1. The number of halogens is 2. The van der Waals surface area contributed by atoms with Gasteiger partial charge in [0.1, 0.15) is 6.04 Å². The fraction of sp³-hybridized carbons (Fsp3) is 0.333. The lowest BCUT2D eigenvalue weighted by atomic mass is 10.0. The van der Waals surface area contributed by atoms with Gasteiger partial charge >= 0.3 is 0 Å². The van der Waals surface area contributed by atoms with Gasteiger partial charge in [-0.1, -0.05) is 82.8 Å². The molecule has 3 aromatic carbocycles. The molecule has 0 radical (unpaired) electrons. The summed E-state index contributed by atoms with van der Waals surface area (Å²) in [6, 6.07) is 25.2. The van der Waals surface area contributed by atoms with E-state index in [0.29, 0.717) is 30.2 Å². The van der Waals surface area contributed by atoms with E-state index in [2.05, 4.69) is 21.2 Å². The minimum atomic E-state index is -0.584. The molecule has 194 valence electrons. The Morgan fingerprint density at radius 1 is 0.946 bits per heavy atom. The van der Waals surface area contributed by atoms with Crippen LogP contribution in [-0.2, 0) is 22.6 Å². The monoisotopic (exact) mass is 598 g/mol. The van der Waals surface area contributed by atoms with Crippen molar-refractivity contribution in [3.8, 4) is 0 Å². The Bertz CT molecular complexity index is 1150. The molecule has 1 aliphatic carbocycles. The molecule has 4 nitrogen and oxygen atoms in total. The van der Waals surface area contributed by atoms with Gasteiger partial charge < -0.3 is 10.2 Å². The van der Waals surface area contributed by atoms with E-state index in [9.17, 15) is 9.59 Å². The molecule has 1 saturated carbocycles. The largest absolute Gasteiger partial charge is 0.352 e. The number of benzene rings is 3. The molecule has 0 aromatic heterocycles. The van der Waals surface area contributed by atoms with Gasteiger partial charge in [0, 0.05) is 45.6 Å². The molecule has 0 aliphatic heterocycles. The normalized spacial score (nSPS) is 14.3. The second kappa shape index (κ2) is 14.0. The van der Waals surface area contributed by atoms with Crippen LogP contribution in [0.1, 0.15) is 43.2 Å². The Morgan fingerprint density at radius 3 is 2.30 bits per heavy atom. The maximum absolute atomic E-state index is 13.7. The number of nitrogens with zero attached hydrogens (tertiary/aromatic N) is 1. The summed E-state index contributed by atoms with van der Waals surface area (Å²) in [6.45, 7) is 0.382. The van der Waals surface area contributed by atoms with Crippen molar-refractivity contribution in [2.75, 3.05) is 5.75 Å². The van der Waals surface area contributed by atoms with Gasteiger partial charge in [0.05, 0.1) is 0 Å². The van der Waals surface area contributed by atoms with Gasteiger partial charge in [-0.15, -0.1) is 11.8 Å². The average molecular weight is 600 g/mol. The first-order valence-corrected chi connectivity index (χ1v) is 14.9. The third-order valence-electron chi connectivity index (χ3n) is 6.64. The number of rotatable bonds is 11. The zero-order valence-corrected chi connectivity index (χ0v) is 23.9. The second-order valence-corrected chi connectivity index (χ2v) is 11.9. The molecule has 7 heteroatoms. The smallest absolute Gasteiger partial charge is 0.243 e. The molecule has 0 spiro atoms. The van der Waals surface area contributed by atoms with Crippen molar-refractivity contribution >= 4 is 51.1 Å². The van der Waals surface area contributed by atoms with Crippen LogP contribution in [0, 0.1) is 0 Å². The standard InChI is InChI=1S/C30H32BrClN2O2S/c31-24-12-10-23(11-13-24)21-34(29(35)18-19-37-27-16-14-25(32)15-17-27)28(20-22-6-2-1-3-7-22)30(36)33-26-8-4-5-9-26/h1-3,6-7,10-17,26,28H,4-5,8-9,18-21H2,(H,33,36). The van der Waals surface area contributed by atoms with E-state index in [1.54, 1.807) is 16.7 Å². The number of carbonyl (C=O) groups is 2. The van der Waals surface area contributed by atoms with Gasteiger partial charge in [-0.25, -0.2) is 0 Å². The molecular weight excluding hydrogens is 568 g/mol. The van der Waals surface area contributed by atoms with Gasteiger partial charge in [-0.05, 0) is 60.4 Å². The maximum atomic E-state index is 13.7. The van der Waals surface area contributed by atoms with E-state index in [4.69, 9.17) is 11.6 Å². The highest BCUT2D eigenvalue weighted by Crippen LogP contribution is 2.24. The molecule has 0 heterocycles. The topological polar surface area (TPSA) is 49.4 Å². The van der Waals surface area contributed by atoms with Crippen molar-refractivity contribution in [1.82, 2.24) is 10.2 Å². The summed E-state index contributed by atoms with van der Waals surface area (Å²) in [5.41, 5.74) is 2.03. The number of hydrogen-bond donors (Lipinski definition) is 1. The van der Waals surface area contributed by atoms with Gasteiger partial charge in [0.25, 0.3) is 0 Å². The molecule has 3 aromatic rings. The van der Waals surface area contributed by atoms with Gasteiger partial charge in [0.2, 0.25) is 11.8 Å². The Morgan fingerprint density at radius 2 is 1.62 bits per heavy atom. The summed E-state index contributed by atoms with van der Waals surface area (Å²) in [4.78, 5) is 30.3. The van der Waals surface area contributed by atoms with Crippen LogP contribution >= 0.6 is 39.3 Å². The molecule has 1 unspecified atom stereocenters. The van der Waals surface area contributed by atoms with Crippen LogP contribution in [0.5, 0.6) is 0 Å². The van der Waals surface area contributed by atoms with Crippen molar-refractivity contribution < 1.29 is 9.59 Å². The minimum absolute atomic E-state index is 0.0214. The average Bonchev–Trinajstić information content (AvgIpc) is 3.42. The molecule has 4 rings (SSSR count). The molecule has 1 atom stereocenters. The summed E-state index contributed by atoms with van der Waals surface area (Å²) in [5.74, 6) is 0.540. The van der Waals surface area contributed by atoms with Gasteiger partial charge in [0.15, 0.2) is 0 Å². The summed E-state index contributed by atoms with van der Waals surface area (Å²) >= 11 is 11.1. The fourth-order valence-corrected chi connectivity index (χ4v) is 5.87. The van der Waals surface area contributed by atoms with Crippen molar-refractivity contribution in [3.05, 3.63) is 99.5 Å². The maximum Gasteiger partial charge on any atom is 0.243 e. The van der Waals surface area contributed by atoms with Crippen molar-refractivity contribution in [2.24, 2.45) is 0 Å². The number of carbonyl (C=O) groups excluding carboxylic acids is 2. The summed E-state index contributed by atoms with van der Waals surface area (Å²) in [5, 5.41) is 3.95. The molecule has 37 heavy (non-hydrogen) atoms. The van der Waals surface area contributed by atoms with Crippen LogP contribution in [0.4, 0.5) is 0 Å². The van der Waals surface area contributed by atoms with Crippen LogP contribution < -0.4 is 5.32 Å². The second-order valence-electron chi connectivity index (χ2n) is 9.40. The molecule has 2 amide bonds. The van der Waals surface area contributed by atoms with Crippen molar-refractivity contribution in [3.63, 3.8) is 0 Å². The summed E-state index contributed by atoms with van der Waals surface area (Å²) in [6.07, 6.45) is 5.09. The van der Waals surface area contributed by atoms with E-state index < -0.39 is 6.04 Å². The Hall–Kier alpha value is -2.28. The Balaban J connectivity index is 1.55. The van der Waals surface area contributed by atoms with Crippen molar-refractivity contribution in [1.29, 1.82) is 0 Å². The molecule has 1 N–H and O–H groups in total. The third kappa shape index (κ3) is 8.62. The highest BCUT2D eigenvalue weighted by Gasteiger charge is 2.32. The predicted molar refractivity (Wildman–Crippen MR) is 156 cm³/mol. The van der Waals surface area contributed by atoms with Gasteiger partial charge in [-0.2, -0.15) is 0 Å². The molecular formula is C30H32BrClN2O2S. The van der Waals surface area contributed by atoms with E-state index in [1.807, 2.05) is 78.9 Å². The summed E-state index contributed by atoms with van der Waals surface area (Å²) < 4.78 is 0.980. The first-order chi connectivity index (χ1) is 18.0. The van der Waals surface area contributed by atoms with Gasteiger partial charge in [-0.3, -0.25) is 9.59 Å². The predicted octanol–water partition coefficient (Wildman–Crippen LogP) is 7.28. The quantitative estimate of drug-likeness (QED) is 0.236. The third-order valence-corrected chi connectivity index (χ3v) is 8.43. The Kier molecular flexibility index (Phi) is 10.5. The van der Waals surface area contributed by atoms with Crippen molar-refractivity contribution in [2.45, 2.75) is 62.0 Å². The van der Waals surface area contributed by atoms with E-state index in [-0.39, 0.29) is 17.9 Å². The first kappa shape index (κ1) is 27.7. The first-order valence-electron chi connectivity index (χ1n) is 12.7. The lowest BCUT2D eigenvalue weighted by Crippen LogP contribution is -2.52. The lowest BCUT2D eigenvalue weighted by molar-refractivity contribution is -0.141. The van der Waals surface area contributed by atoms with E-state index in [1.165, 1.54) is 0 Å². The Labute approximate surface area is 237 Å². The number of hydrogen-bond acceptors (Lipinski definition) is 3. The highest BCUT2D eigenvalue weighted by atomic mass is 79.9. The van der Waals surface area contributed by atoms with E-state index in [0.717, 1.165) is 46.2 Å². The van der Waals surface area contributed by atoms with Crippen LogP contribution in [0.15, 0.2) is 88.2 Å². The summed E-state index contributed by atoms with van der Waals surface area (Å²) in [7, 11) is 0. The lowest BCUT2D eigenvalue weighted by Gasteiger charge is -2.32. The fourth-order valence-electron chi connectivity index (χ4n) is 4.64. The van der Waals surface area contributed by atoms with Crippen LogP contribution in [0.2, 0.25) is 5.02 Å². The zero-order chi connectivity index (χ0) is 26.0. The van der Waals surface area contributed by atoms with Crippen LogP contribution in [0.25, 0.3) is 0 Å². The minimum Gasteiger partial charge on any atom is -0.352 e. The molecule has 0 saturated heterocycles. The number of amides is 2. The zero-order valence-electron chi connectivity index (χ0n) is 20.7. The molecule has 0 bridgehead atoms. The van der Waals surface area contributed by atoms with Crippen LogP contribution in [-0.4, -0.2) is 34.6 Å². The van der Waals surface area contributed by atoms with Crippen LogP contribution in [0.3, 0.4) is 0 Å². The number of thioether (sulfide) groups is 1.